The third-order valence-electron chi connectivity index (χ3n) is 4.03. The molecule has 29 heavy (non-hydrogen) atoms. The second-order valence-corrected chi connectivity index (χ2v) is 8.69. The number of hydrogen-bond acceptors (Lipinski definition) is 7. The summed E-state index contributed by atoms with van der Waals surface area (Å²) in [4.78, 5) is 38.5. The quantitative estimate of drug-likeness (QED) is 0.553. The van der Waals surface area contributed by atoms with Crippen LogP contribution in [0.15, 0.2) is 33.6 Å². The molecule has 1 aromatic rings. The van der Waals surface area contributed by atoms with E-state index in [1.54, 1.807) is 19.1 Å². The van der Waals surface area contributed by atoms with Gasteiger partial charge in [0.2, 0.25) is 10.0 Å². The van der Waals surface area contributed by atoms with Gasteiger partial charge in [-0.1, -0.05) is 22.0 Å². The van der Waals surface area contributed by atoms with E-state index in [1.807, 2.05) is 0 Å². The van der Waals surface area contributed by atoms with Crippen molar-refractivity contribution in [2.24, 2.45) is 0 Å². The first-order valence-electron chi connectivity index (χ1n) is 8.83. The summed E-state index contributed by atoms with van der Waals surface area (Å²) in [5, 5.41) is 0. The van der Waals surface area contributed by atoms with Gasteiger partial charge in [-0.05, 0) is 25.1 Å². The highest BCUT2D eigenvalue weighted by Gasteiger charge is 2.25. The minimum Gasteiger partial charge on any atom is -0.455 e. The van der Waals surface area contributed by atoms with Crippen LogP contribution >= 0.6 is 15.9 Å². The van der Waals surface area contributed by atoms with E-state index in [0.717, 1.165) is 0 Å². The Kier molecular flexibility index (Phi) is 8.41. The normalized spacial score (nSPS) is 14.4. The number of esters is 1. The molecule has 0 atom stereocenters. The molecule has 1 aliphatic heterocycles. The number of sulfonamides is 1. The fourth-order valence-corrected chi connectivity index (χ4v) is 4.07. The van der Waals surface area contributed by atoms with Crippen molar-refractivity contribution < 1.29 is 32.3 Å². The standard InChI is InChI=1S/C17H22BrN3O7S/c1-2-27-17(24)21-8-6-20(7-9-21)15(22)12-28-16(23)11-19-29(25,26)14-5-3-4-13(18)10-14/h3-5,10,19H,2,6-9,11-12H2,1H3. The first-order valence-corrected chi connectivity index (χ1v) is 11.1. The number of nitrogens with zero attached hydrogens (tertiary/aromatic N) is 2. The Balaban J connectivity index is 1.74. The molecule has 1 saturated heterocycles. The average Bonchev–Trinajstić information content (AvgIpc) is 2.71. The molecule has 10 nitrogen and oxygen atoms in total. The molecule has 0 aliphatic carbocycles. The van der Waals surface area contributed by atoms with Gasteiger partial charge in [-0.3, -0.25) is 9.59 Å². The third-order valence-corrected chi connectivity index (χ3v) is 5.92. The van der Waals surface area contributed by atoms with E-state index in [0.29, 0.717) is 30.7 Å². The van der Waals surface area contributed by atoms with Crippen LogP contribution in [0.5, 0.6) is 0 Å². The smallest absolute Gasteiger partial charge is 0.409 e. The fourth-order valence-electron chi connectivity index (χ4n) is 2.51. The van der Waals surface area contributed by atoms with Crippen LogP contribution in [0, 0.1) is 0 Å². The number of halogens is 1. The van der Waals surface area contributed by atoms with Crippen molar-refractivity contribution in [2.45, 2.75) is 11.8 Å². The number of nitrogens with one attached hydrogen (secondary N) is 1. The van der Waals surface area contributed by atoms with Gasteiger partial charge in [-0.2, -0.15) is 4.72 Å². The first-order chi connectivity index (χ1) is 13.7. The largest absolute Gasteiger partial charge is 0.455 e. The van der Waals surface area contributed by atoms with Crippen molar-refractivity contribution in [3.63, 3.8) is 0 Å². The zero-order valence-corrected chi connectivity index (χ0v) is 18.2. The molecule has 0 saturated carbocycles. The highest BCUT2D eigenvalue weighted by Crippen LogP contribution is 2.15. The Morgan fingerprint density at radius 1 is 1.10 bits per heavy atom. The van der Waals surface area contributed by atoms with E-state index in [2.05, 4.69) is 20.7 Å². The predicted octanol–water partition coefficient (Wildman–Crippen LogP) is 0.571. The number of ether oxygens (including phenoxy) is 2. The lowest BCUT2D eigenvalue weighted by Crippen LogP contribution is -2.51. The number of benzene rings is 1. The topological polar surface area (TPSA) is 122 Å². The molecule has 0 radical (unpaired) electrons. The monoisotopic (exact) mass is 491 g/mol. The summed E-state index contributed by atoms with van der Waals surface area (Å²) in [5.74, 6) is -1.29. The molecule has 1 aromatic carbocycles. The summed E-state index contributed by atoms with van der Waals surface area (Å²) in [7, 11) is -3.88. The van der Waals surface area contributed by atoms with Gasteiger partial charge in [-0.15, -0.1) is 0 Å². The van der Waals surface area contributed by atoms with Crippen molar-refractivity contribution >= 4 is 43.9 Å². The van der Waals surface area contributed by atoms with E-state index < -0.39 is 41.1 Å². The lowest BCUT2D eigenvalue weighted by molar-refractivity contribution is -0.151. The molecule has 2 rings (SSSR count). The summed E-state index contributed by atoms with van der Waals surface area (Å²) in [6, 6.07) is 6.01. The molecule has 0 bridgehead atoms. The number of amides is 2. The van der Waals surface area contributed by atoms with E-state index in [4.69, 9.17) is 9.47 Å². The molecular weight excluding hydrogens is 470 g/mol. The zero-order valence-electron chi connectivity index (χ0n) is 15.8. The van der Waals surface area contributed by atoms with Crippen LogP contribution in [0.4, 0.5) is 4.79 Å². The van der Waals surface area contributed by atoms with Gasteiger partial charge in [0.15, 0.2) is 6.61 Å². The number of rotatable bonds is 7. The van der Waals surface area contributed by atoms with E-state index in [-0.39, 0.29) is 11.5 Å². The van der Waals surface area contributed by atoms with E-state index in [1.165, 1.54) is 21.9 Å². The van der Waals surface area contributed by atoms with Crippen LogP contribution in [0.1, 0.15) is 6.92 Å². The van der Waals surface area contributed by atoms with Gasteiger partial charge in [-0.25, -0.2) is 13.2 Å². The lowest BCUT2D eigenvalue weighted by Gasteiger charge is -2.33. The minimum atomic E-state index is -3.88. The Hall–Kier alpha value is -2.18. The summed E-state index contributed by atoms with van der Waals surface area (Å²) in [6.45, 7) is 2.13. The minimum absolute atomic E-state index is 0.00442. The maximum atomic E-state index is 12.1. The number of hydrogen-bond donors (Lipinski definition) is 1. The Morgan fingerprint density at radius 3 is 2.38 bits per heavy atom. The molecule has 1 fully saturated rings. The van der Waals surface area contributed by atoms with Crippen molar-refractivity contribution in [1.82, 2.24) is 14.5 Å². The van der Waals surface area contributed by atoms with Crippen LogP contribution in [-0.2, 0) is 29.1 Å². The van der Waals surface area contributed by atoms with Crippen molar-refractivity contribution in [3.8, 4) is 0 Å². The predicted molar refractivity (Wildman–Crippen MR) is 105 cm³/mol. The maximum Gasteiger partial charge on any atom is 0.409 e. The van der Waals surface area contributed by atoms with Gasteiger partial charge < -0.3 is 19.3 Å². The van der Waals surface area contributed by atoms with Crippen molar-refractivity contribution in [2.75, 3.05) is 45.9 Å². The maximum absolute atomic E-state index is 12.1. The second kappa shape index (κ2) is 10.6. The van der Waals surface area contributed by atoms with Gasteiger partial charge in [0.1, 0.15) is 6.54 Å². The summed E-state index contributed by atoms with van der Waals surface area (Å²) >= 11 is 3.18. The van der Waals surface area contributed by atoms with Gasteiger partial charge in [0.25, 0.3) is 5.91 Å². The average molecular weight is 492 g/mol. The highest BCUT2D eigenvalue weighted by molar-refractivity contribution is 9.10. The Labute approximate surface area is 177 Å². The van der Waals surface area contributed by atoms with Crippen LogP contribution in [-0.4, -0.2) is 82.1 Å². The van der Waals surface area contributed by atoms with Crippen molar-refractivity contribution in [3.05, 3.63) is 28.7 Å². The molecule has 1 heterocycles. The summed E-state index contributed by atoms with van der Waals surface area (Å²) in [6.07, 6.45) is -0.427. The third kappa shape index (κ3) is 6.98. The molecular formula is C17H22BrN3O7S. The van der Waals surface area contributed by atoms with E-state index >= 15 is 0 Å². The molecule has 0 spiro atoms. The van der Waals surface area contributed by atoms with Gasteiger partial charge in [0.05, 0.1) is 11.5 Å². The van der Waals surface area contributed by atoms with Crippen molar-refractivity contribution in [1.29, 1.82) is 0 Å². The number of carbonyl (C=O) groups excluding carboxylic acids is 3. The number of carbonyl (C=O) groups is 3. The summed E-state index contributed by atoms with van der Waals surface area (Å²) < 4.78 is 36.8. The fraction of sp³-hybridized carbons (Fsp3) is 0.471. The number of piperazine rings is 1. The van der Waals surface area contributed by atoms with Crippen LogP contribution < -0.4 is 4.72 Å². The van der Waals surface area contributed by atoms with E-state index in [9.17, 15) is 22.8 Å². The molecule has 2 amide bonds. The molecule has 1 aliphatic rings. The Bertz CT molecular complexity index is 854. The van der Waals surface area contributed by atoms with Crippen LogP contribution in [0.3, 0.4) is 0 Å². The molecule has 12 heteroatoms. The zero-order chi connectivity index (χ0) is 21.4. The lowest BCUT2D eigenvalue weighted by atomic mass is 10.3. The SMILES string of the molecule is CCOC(=O)N1CCN(C(=O)COC(=O)CNS(=O)(=O)c2cccc(Br)c2)CC1. The molecule has 0 aromatic heterocycles. The second-order valence-electron chi connectivity index (χ2n) is 6.01. The van der Waals surface area contributed by atoms with Crippen LogP contribution in [0.25, 0.3) is 0 Å². The van der Waals surface area contributed by atoms with Gasteiger partial charge in [0, 0.05) is 30.7 Å². The molecule has 0 unspecified atom stereocenters. The highest BCUT2D eigenvalue weighted by atomic mass is 79.9. The Morgan fingerprint density at radius 2 is 1.76 bits per heavy atom. The first kappa shape index (κ1) is 23.1. The summed E-state index contributed by atoms with van der Waals surface area (Å²) in [5.41, 5.74) is 0. The van der Waals surface area contributed by atoms with Crippen LogP contribution in [0.2, 0.25) is 0 Å². The molecule has 1 N–H and O–H groups in total. The van der Waals surface area contributed by atoms with Gasteiger partial charge >= 0.3 is 12.1 Å². The molecule has 160 valence electrons.